The van der Waals surface area contributed by atoms with Gasteiger partial charge in [0.15, 0.2) is 0 Å². The number of nitrogens with one attached hydrogen (secondary N) is 2. The van der Waals surface area contributed by atoms with Crippen LogP contribution in [0.3, 0.4) is 0 Å². The van der Waals surface area contributed by atoms with Crippen molar-refractivity contribution < 1.29 is 9.53 Å². The molecule has 0 aliphatic rings. The number of aromatic amines is 1. The van der Waals surface area contributed by atoms with E-state index in [9.17, 15) is 4.79 Å². The van der Waals surface area contributed by atoms with Crippen molar-refractivity contribution in [1.82, 2.24) is 10.3 Å². The second-order valence-electron chi connectivity index (χ2n) is 8.39. The molecule has 0 aliphatic carbocycles. The van der Waals surface area contributed by atoms with Crippen molar-refractivity contribution in [3.63, 3.8) is 0 Å². The van der Waals surface area contributed by atoms with Gasteiger partial charge in [-0.3, -0.25) is 4.79 Å². The van der Waals surface area contributed by atoms with Gasteiger partial charge in [-0.25, -0.2) is 0 Å². The molecule has 0 radical (unpaired) electrons. The Hall–Kier alpha value is -3.53. The number of carbonyl (C=O) groups excluding carboxylic acids is 1. The van der Waals surface area contributed by atoms with Crippen LogP contribution >= 0.6 is 0 Å². The Kier molecular flexibility index (Phi) is 7.46. The first-order valence-corrected chi connectivity index (χ1v) is 11.8. The number of hydrogen-bond donors (Lipinski definition) is 2. The van der Waals surface area contributed by atoms with E-state index in [0.29, 0.717) is 19.6 Å². The summed E-state index contributed by atoms with van der Waals surface area (Å²) in [6, 6.07) is 24.7. The number of rotatable bonds is 10. The normalized spacial score (nSPS) is 11.9. The number of carbonyl (C=O) groups is 1. The maximum absolute atomic E-state index is 12.8. The fourth-order valence-corrected chi connectivity index (χ4v) is 4.31. The molecule has 0 aliphatic heterocycles. The molecule has 0 saturated heterocycles. The Balaban J connectivity index is 1.66. The molecule has 1 aromatic heterocycles. The average Bonchev–Trinajstić information content (AvgIpc) is 3.29. The summed E-state index contributed by atoms with van der Waals surface area (Å²) in [6.45, 7) is 5.44. The fraction of sp³-hybridized carbons (Fsp3) is 0.276. The molecular weight excluding hydrogens is 408 g/mol. The Bertz CT molecular complexity index is 1200. The summed E-state index contributed by atoms with van der Waals surface area (Å²) in [5, 5.41) is 4.22. The summed E-state index contributed by atoms with van der Waals surface area (Å²) in [5.41, 5.74) is 5.79. The van der Waals surface area contributed by atoms with Crippen LogP contribution in [0.1, 0.15) is 54.9 Å². The maximum Gasteiger partial charge on any atom is 0.220 e. The Morgan fingerprint density at radius 3 is 2.61 bits per heavy atom. The summed E-state index contributed by atoms with van der Waals surface area (Å²) < 4.78 is 6.09. The lowest BCUT2D eigenvalue weighted by Gasteiger charge is -2.18. The molecule has 2 N–H and O–H groups in total. The maximum atomic E-state index is 12.8. The van der Waals surface area contributed by atoms with Gasteiger partial charge in [0.1, 0.15) is 12.4 Å². The van der Waals surface area contributed by atoms with Crippen LogP contribution in [0.2, 0.25) is 0 Å². The minimum atomic E-state index is -0.0667. The number of fused-ring (bicyclic) bond motifs is 1. The molecule has 170 valence electrons. The Morgan fingerprint density at radius 2 is 1.82 bits per heavy atom. The summed E-state index contributed by atoms with van der Waals surface area (Å²) in [6.07, 6.45) is 4.35. The molecule has 0 saturated carbocycles. The molecule has 1 amide bonds. The molecule has 4 nitrogen and oxygen atoms in total. The highest BCUT2D eigenvalue weighted by Crippen LogP contribution is 2.36. The average molecular weight is 441 g/mol. The first-order chi connectivity index (χ1) is 16.2. The van der Waals surface area contributed by atoms with E-state index in [1.807, 2.05) is 30.3 Å². The quantitative estimate of drug-likeness (QED) is 0.302. The van der Waals surface area contributed by atoms with Crippen molar-refractivity contribution in [2.24, 2.45) is 0 Å². The summed E-state index contributed by atoms with van der Waals surface area (Å²) in [7, 11) is 0. The molecule has 0 bridgehead atoms. The highest BCUT2D eigenvalue weighted by molar-refractivity contribution is 5.88. The molecule has 0 fully saturated rings. The zero-order chi connectivity index (χ0) is 23.0. The number of ether oxygens (including phenoxy) is 1. The largest absolute Gasteiger partial charge is 0.489 e. The lowest BCUT2D eigenvalue weighted by molar-refractivity contribution is -0.121. The van der Waals surface area contributed by atoms with Crippen molar-refractivity contribution in [3.8, 4) is 5.75 Å². The van der Waals surface area contributed by atoms with Crippen LogP contribution in [0.5, 0.6) is 5.75 Å². The fourth-order valence-electron chi connectivity index (χ4n) is 4.31. The molecular formula is C29H32N2O2. The van der Waals surface area contributed by atoms with Crippen molar-refractivity contribution in [2.75, 3.05) is 6.54 Å². The number of benzene rings is 3. The SMILES string of the molecule is CCCNC(=O)CC(c1cccc(OCc2ccccc2)c1)c1c[nH]c2c(CC)cccc12. The minimum absolute atomic E-state index is 0.0667. The van der Waals surface area contributed by atoms with Gasteiger partial charge >= 0.3 is 0 Å². The molecule has 1 heterocycles. The van der Waals surface area contributed by atoms with E-state index in [0.717, 1.165) is 40.8 Å². The second-order valence-corrected chi connectivity index (χ2v) is 8.39. The molecule has 1 unspecified atom stereocenters. The van der Waals surface area contributed by atoms with Crippen LogP contribution < -0.4 is 10.1 Å². The third-order valence-electron chi connectivity index (χ3n) is 6.06. The van der Waals surface area contributed by atoms with Gasteiger partial charge in [0.25, 0.3) is 0 Å². The summed E-state index contributed by atoms with van der Waals surface area (Å²) in [5.74, 6) is 0.811. The van der Waals surface area contributed by atoms with Crippen LogP contribution in [-0.4, -0.2) is 17.4 Å². The highest BCUT2D eigenvalue weighted by Gasteiger charge is 2.22. The molecule has 3 aromatic carbocycles. The van der Waals surface area contributed by atoms with Crippen LogP contribution in [-0.2, 0) is 17.8 Å². The Morgan fingerprint density at radius 1 is 1.00 bits per heavy atom. The standard InChI is InChI=1S/C29H32N2O2/c1-3-16-30-28(32)18-26(27-19-31-29-22(4-2)12-9-15-25(27)29)23-13-8-14-24(17-23)33-20-21-10-6-5-7-11-21/h5-15,17,19,26,31H,3-4,16,18,20H2,1-2H3,(H,30,32). The van der Waals surface area contributed by atoms with E-state index in [-0.39, 0.29) is 11.8 Å². The topological polar surface area (TPSA) is 54.1 Å². The number of H-pyrrole nitrogens is 1. The van der Waals surface area contributed by atoms with E-state index in [1.165, 1.54) is 10.9 Å². The van der Waals surface area contributed by atoms with Crippen LogP contribution in [0, 0.1) is 0 Å². The van der Waals surface area contributed by atoms with Crippen LogP contribution in [0.4, 0.5) is 0 Å². The zero-order valence-corrected chi connectivity index (χ0v) is 19.4. The molecule has 33 heavy (non-hydrogen) atoms. The predicted molar refractivity (Wildman–Crippen MR) is 135 cm³/mol. The lowest BCUT2D eigenvalue weighted by atomic mass is 9.87. The van der Waals surface area contributed by atoms with Gasteiger partial charge in [-0.15, -0.1) is 0 Å². The highest BCUT2D eigenvalue weighted by atomic mass is 16.5. The monoisotopic (exact) mass is 440 g/mol. The molecule has 4 heteroatoms. The van der Waals surface area contributed by atoms with Gasteiger partial charge in [0, 0.05) is 36.0 Å². The van der Waals surface area contributed by atoms with Gasteiger partial charge in [-0.2, -0.15) is 0 Å². The van der Waals surface area contributed by atoms with E-state index < -0.39 is 0 Å². The summed E-state index contributed by atoms with van der Waals surface area (Å²) >= 11 is 0. The van der Waals surface area contributed by atoms with Gasteiger partial charge in [-0.05, 0) is 47.2 Å². The lowest BCUT2D eigenvalue weighted by Crippen LogP contribution is -2.26. The van der Waals surface area contributed by atoms with Crippen molar-refractivity contribution in [1.29, 1.82) is 0 Å². The van der Waals surface area contributed by atoms with E-state index in [4.69, 9.17) is 4.74 Å². The molecule has 4 rings (SSSR count). The number of hydrogen-bond acceptors (Lipinski definition) is 2. The number of aryl methyl sites for hydroxylation is 1. The third kappa shape index (κ3) is 5.46. The van der Waals surface area contributed by atoms with Crippen molar-refractivity contribution in [2.45, 2.75) is 45.6 Å². The van der Waals surface area contributed by atoms with Gasteiger partial charge in [0.05, 0.1) is 0 Å². The predicted octanol–water partition coefficient (Wildman–Crippen LogP) is 6.36. The summed E-state index contributed by atoms with van der Waals surface area (Å²) in [4.78, 5) is 16.3. The Labute approximate surface area is 196 Å². The van der Waals surface area contributed by atoms with Crippen molar-refractivity contribution in [3.05, 3.63) is 101 Å². The first-order valence-electron chi connectivity index (χ1n) is 11.8. The van der Waals surface area contributed by atoms with Gasteiger partial charge in [0.2, 0.25) is 5.91 Å². The molecule has 4 aromatic rings. The van der Waals surface area contributed by atoms with E-state index in [2.05, 4.69) is 72.8 Å². The number of amides is 1. The smallest absolute Gasteiger partial charge is 0.220 e. The van der Waals surface area contributed by atoms with Gasteiger partial charge in [-0.1, -0.05) is 74.5 Å². The zero-order valence-electron chi connectivity index (χ0n) is 19.4. The van der Waals surface area contributed by atoms with E-state index in [1.54, 1.807) is 0 Å². The molecule has 1 atom stereocenters. The molecule has 0 spiro atoms. The van der Waals surface area contributed by atoms with Crippen LogP contribution in [0.25, 0.3) is 10.9 Å². The van der Waals surface area contributed by atoms with Crippen LogP contribution in [0.15, 0.2) is 79.0 Å². The van der Waals surface area contributed by atoms with E-state index >= 15 is 0 Å². The third-order valence-corrected chi connectivity index (χ3v) is 6.06. The second kappa shape index (κ2) is 10.9. The number of para-hydroxylation sites is 1. The number of aromatic nitrogens is 1. The minimum Gasteiger partial charge on any atom is -0.489 e. The van der Waals surface area contributed by atoms with Gasteiger partial charge < -0.3 is 15.0 Å². The first kappa shape index (κ1) is 22.7. The van der Waals surface area contributed by atoms with Crippen molar-refractivity contribution >= 4 is 16.8 Å².